The Balaban J connectivity index is 1.45. The van der Waals surface area contributed by atoms with Gasteiger partial charge >= 0.3 is 0 Å². The number of aromatic amines is 2. The van der Waals surface area contributed by atoms with E-state index in [2.05, 4.69) is 47.2 Å². The van der Waals surface area contributed by atoms with Crippen LogP contribution >= 0.6 is 0 Å². The molecular formula is C26H22N8. The van der Waals surface area contributed by atoms with Gasteiger partial charge in [-0.25, -0.2) is 9.97 Å². The average molecular weight is 447 g/mol. The number of hydrogen-bond donors (Lipinski definition) is 2. The largest absolute Gasteiger partial charge is 0.337 e. The summed E-state index contributed by atoms with van der Waals surface area (Å²) in [5.41, 5.74) is 8.23. The highest BCUT2D eigenvalue weighted by atomic mass is 15.2. The number of nitrogens with one attached hydrogen (secondary N) is 2. The van der Waals surface area contributed by atoms with Crippen LogP contribution < -0.4 is 0 Å². The van der Waals surface area contributed by atoms with Crippen LogP contribution in [0.1, 0.15) is 5.56 Å². The SMILES string of the molecule is CN(C)Cc1cncc(-c2cnc3[nH]nc(-c4nc5c(-c6ccccn6)cccc5[nH]4)c3c2)c1. The van der Waals surface area contributed by atoms with Crippen LogP contribution in [0.4, 0.5) is 0 Å². The Bertz CT molecular complexity index is 1610. The van der Waals surface area contributed by atoms with Crippen molar-refractivity contribution < 1.29 is 0 Å². The Kier molecular flexibility index (Phi) is 4.85. The molecule has 0 saturated heterocycles. The van der Waals surface area contributed by atoms with Gasteiger partial charge < -0.3 is 9.88 Å². The summed E-state index contributed by atoms with van der Waals surface area (Å²) in [5, 5.41) is 8.47. The number of fused-ring (bicyclic) bond motifs is 2. The molecule has 8 heteroatoms. The van der Waals surface area contributed by atoms with E-state index in [4.69, 9.17) is 4.98 Å². The van der Waals surface area contributed by atoms with Crippen molar-refractivity contribution in [1.29, 1.82) is 0 Å². The molecule has 5 heterocycles. The maximum Gasteiger partial charge on any atom is 0.159 e. The Morgan fingerprint density at radius 1 is 0.912 bits per heavy atom. The highest BCUT2D eigenvalue weighted by molar-refractivity contribution is 5.96. The monoisotopic (exact) mass is 446 g/mol. The van der Waals surface area contributed by atoms with Gasteiger partial charge in [-0.15, -0.1) is 0 Å². The number of para-hydroxylation sites is 1. The predicted octanol–water partition coefficient (Wildman–Crippen LogP) is 4.69. The van der Waals surface area contributed by atoms with Crippen molar-refractivity contribution in [2.45, 2.75) is 6.54 Å². The Labute approximate surface area is 195 Å². The van der Waals surface area contributed by atoms with Gasteiger partial charge in [0.15, 0.2) is 11.5 Å². The molecule has 0 amide bonds. The normalized spacial score (nSPS) is 11.6. The van der Waals surface area contributed by atoms with Crippen molar-refractivity contribution >= 4 is 22.1 Å². The van der Waals surface area contributed by atoms with E-state index in [-0.39, 0.29) is 0 Å². The fraction of sp³-hybridized carbons (Fsp3) is 0.115. The van der Waals surface area contributed by atoms with Crippen molar-refractivity contribution in [2.24, 2.45) is 0 Å². The second-order valence-electron chi connectivity index (χ2n) is 8.51. The summed E-state index contributed by atoms with van der Waals surface area (Å²) in [5.74, 6) is 0.683. The molecule has 1 aromatic carbocycles. The van der Waals surface area contributed by atoms with Crippen LogP contribution in [0, 0.1) is 0 Å². The number of hydrogen-bond acceptors (Lipinski definition) is 6. The maximum absolute atomic E-state index is 4.91. The van der Waals surface area contributed by atoms with Crippen LogP contribution in [0.3, 0.4) is 0 Å². The molecule has 0 bridgehead atoms. The molecule has 0 saturated carbocycles. The lowest BCUT2D eigenvalue weighted by Gasteiger charge is -2.10. The van der Waals surface area contributed by atoms with E-state index in [0.29, 0.717) is 11.5 Å². The standard InChI is InChI=1S/C26H22N8/c1-34(2)15-16-10-17(13-27-12-16)18-11-20-24(32-33-25(20)29-14-18)26-30-22-8-5-6-19(23(22)31-26)21-7-3-4-9-28-21/h3-14H,15H2,1-2H3,(H,30,31)(H,29,32,33). The first-order valence-corrected chi connectivity index (χ1v) is 11.0. The molecular weight excluding hydrogens is 424 g/mol. The van der Waals surface area contributed by atoms with Gasteiger partial charge in [-0.05, 0) is 50.0 Å². The number of pyridine rings is 3. The van der Waals surface area contributed by atoms with E-state index in [1.807, 2.05) is 69.1 Å². The van der Waals surface area contributed by atoms with E-state index < -0.39 is 0 Å². The average Bonchev–Trinajstić information content (AvgIpc) is 3.48. The minimum atomic E-state index is 0.683. The molecule has 6 rings (SSSR count). The zero-order valence-corrected chi connectivity index (χ0v) is 18.8. The Morgan fingerprint density at radius 2 is 1.82 bits per heavy atom. The molecule has 0 aliphatic rings. The summed E-state index contributed by atoms with van der Waals surface area (Å²) in [6.07, 6.45) is 7.39. The van der Waals surface area contributed by atoms with Crippen molar-refractivity contribution in [2.75, 3.05) is 14.1 Å². The highest BCUT2D eigenvalue weighted by Gasteiger charge is 2.16. The number of nitrogens with zero attached hydrogens (tertiary/aromatic N) is 6. The third kappa shape index (κ3) is 3.60. The lowest BCUT2D eigenvalue weighted by molar-refractivity contribution is 0.402. The summed E-state index contributed by atoms with van der Waals surface area (Å²) in [4.78, 5) is 24.0. The van der Waals surface area contributed by atoms with Crippen molar-refractivity contribution in [3.63, 3.8) is 0 Å². The summed E-state index contributed by atoms with van der Waals surface area (Å²) >= 11 is 0. The minimum absolute atomic E-state index is 0.683. The van der Waals surface area contributed by atoms with Crippen LogP contribution in [-0.4, -0.2) is 54.1 Å². The van der Waals surface area contributed by atoms with Gasteiger partial charge in [0.2, 0.25) is 0 Å². The lowest BCUT2D eigenvalue weighted by Crippen LogP contribution is -2.10. The van der Waals surface area contributed by atoms with Gasteiger partial charge in [0.05, 0.1) is 22.1 Å². The molecule has 8 nitrogen and oxygen atoms in total. The molecule has 34 heavy (non-hydrogen) atoms. The van der Waals surface area contributed by atoms with Crippen molar-refractivity contribution in [3.8, 4) is 33.9 Å². The zero-order valence-electron chi connectivity index (χ0n) is 18.8. The second kappa shape index (κ2) is 8.17. The maximum atomic E-state index is 4.91. The quantitative estimate of drug-likeness (QED) is 0.399. The number of imidazole rings is 1. The van der Waals surface area contributed by atoms with E-state index >= 15 is 0 Å². The van der Waals surface area contributed by atoms with Crippen LogP contribution in [0.15, 0.2) is 73.3 Å². The molecule has 0 spiro atoms. The molecule has 2 N–H and O–H groups in total. The minimum Gasteiger partial charge on any atom is -0.337 e. The zero-order chi connectivity index (χ0) is 23.1. The molecule has 0 aliphatic heterocycles. The first kappa shape index (κ1) is 20.2. The Morgan fingerprint density at radius 3 is 2.68 bits per heavy atom. The molecule has 0 radical (unpaired) electrons. The molecule has 166 valence electrons. The second-order valence-corrected chi connectivity index (χ2v) is 8.51. The van der Waals surface area contributed by atoms with Crippen LogP contribution in [0.5, 0.6) is 0 Å². The van der Waals surface area contributed by atoms with Gasteiger partial charge in [0, 0.05) is 48.0 Å². The van der Waals surface area contributed by atoms with Crippen LogP contribution in [0.2, 0.25) is 0 Å². The van der Waals surface area contributed by atoms with E-state index in [9.17, 15) is 0 Å². The highest BCUT2D eigenvalue weighted by Crippen LogP contribution is 2.32. The number of rotatable bonds is 5. The third-order valence-electron chi connectivity index (χ3n) is 5.72. The van der Waals surface area contributed by atoms with Gasteiger partial charge in [-0.1, -0.05) is 18.2 Å². The fourth-order valence-electron chi connectivity index (χ4n) is 4.21. The van der Waals surface area contributed by atoms with Gasteiger partial charge in [-0.3, -0.25) is 15.1 Å². The topological polar surface area (TPSA) is 99.3 Å². The summed E-state index contributed by atoms with van der Waals surface area (Å²) < 4.78 is 0. The molecule has 6 aromatic rings. The first-order valence-electron chi connectivity index (χ1n) is 11.0. The fourth-order valence-corrected chi connectivity index (χ4v) is 4.21. The smallest absolute Gasteiger partial charge is 0.159 e. The Hall–Kier alpha value is -4.43. The summed E-state index contributed by atoms with van der Waals surface area (Å²) in [6, 6.07) is 16.2. The predicted molar refractivity (Wildman–Crippen MR) is 133 cm³/mol. The van der Waals surface area contributed by atoms with Crippen molar-refractivity contribution in [1.82, 2.24) is 40.0 Å². The summed E-state index contributed by atoms with van der Waals surface area (Å²) in [7, 11) is 4.09. The van der Waals surface area contributed by atoms with Gasteiger partial charge in [0.1, 0.15) is 5.69 Å². The molecule has 0 aliphatic carbocycles. The third-order valence-corrected chi connectivity index (χ3v) is 5.72. The van der Waals surface area contributed by atoms with E-state index in [1.165, 1.54) is 0 Å². The molecule has 0 atom stereocenters. The first-order chi connectivity index (χ1) is 16.7. The van der Waals surface area contributed by atoms with E-state index in [0.717, 1.165) is 56.6 Å². The van der Waals surface area contributed by atoms with Crippen LogP contribution in [-0.2, 0) is 6.54 Å². The molecule has 0 fully saturated rings. The molecule has 5 aromatic heterocycles. The van der Waals surface area contributed by atoms with E-state index in [1.54, 1.807) is 6.20 Å². The molecule has 0 unspecified atom stereocenters. The van der Waals surface area contributed by atoms with Gasteiger partial charge in [-0.2, -0.15) is 5.10 Å². The number of benzene rings is 1. The van der Waals surface area contributed by atoms with Crippen molar-refractivity contribution in [3.05, 3.63) is 78.9 Å². The van der Waals surface area contributed by atoms with Crippen LogP contribution in [0.25, 0.3) is 56.0 Å². The van der Waals surface area contributed by atoms with Gasteiger partial charge in [0.25, 0.3) is 0 Å². The number of aromatic nitrogens is 7. The number of H-pyrrole nitrogens is 2. The lowest BCUT2D eigenvalue weighted by atomic mass is 10.1. The summed E-state index contributed by atoms with van der Waals surface area (Å²) in [6.45, 7) is 0.824.